The van der Waals surface area contributed by atoms with Crippen LogP contribution in [0.3, 0.4) is 0 Å². The summed E-state index contributed by atoms with van der Waals surface area (Å²) in [7, 11) is 0. The van der Waals surface area contributed by atoms with E-state index < -0.39 is 0 Å². The monoisotopic (exact) mass is 456 g/mol. The Morgan fingerprint density at radius 1 is 1.29 bits per heavy atom. The summed E-state index contributed by atoms with van der Waals surface area (Å²) in [6.45, 7) is 4.24. The Kier molecular flexibility index (Phi) is 7.23. The van der Waals surface area contributed by atoms with Crippen LogP contribution in [-0.4, -0.2) is 21.4 Å². The standard InChI is InChI=1S/C18H18Cl2N4O2S2/c1-10(14-6-5-12(19)8-15(14)20)22-16(25)11(2)27-18-24-23-17(28-18)21-9-13-4-3-7-26-13/h3-8,10-11H,9H2,1-2H3,(H,21,23)(H,22,25)/t10-,11+/m0/s1. The summed E-state index contributed by atoms with van der Waals surface area (Å²) in [5, 5.41) is 15.8. The zero-order valence-corrected chi connectivity index (χ0v) is 18.3. The van der Waals surface area contributed by atoms with Crippen molar-refractivity contribution in [2.24, 2.45) is 0 Å². The number of carbonyl (C=O) groups is 1. The first kappa shape index (κ1) is 21.0. The molecule has 0 saturated heterocycles. The van der Waals surface area contributed by atoms with Crippen LogP contribution in [0.1, 0.15) is 31.2 Å². The van der Waals surface area contributed by atoms with Crippen molar-refractivity contribution in [3.63, 3.8) is 0 Å². The normalized spacial score (nSPS) is 13.1. The van der Waals surface area contributed by atoms with E-state index in [4.69, 9.17) is 27.6 Å². The van der Waals surface area contributed by atoms with Gasteiger partial charge in [0.05, 0.1) is 24.1 Å². The third kappa shape index (κ3) is 5.64. The second kappa shape index (κ2) is 9.65. The number of aromatic nitrogens is 2. The first-order valence-electron chi connectivity index (χ1n) is 8.44. The molecule has 1 aromatic carbocycles. The molecular weight excluding hydrogens is 439 g/mol. The third-order valence-corrected chi connectivity index (χ3v) is 6.46. The third-order valence-electron chi connectivity index (χ3n) is 3.83. The highest BCUT2D eigenvalue weighted by Gasteiger charge is 2.20. The molecule has 0 unspecified atom stereocenters. The molecule has 0 spiro atoms. The van der Waals surface area contributed by atoms with E-state index in [1.807, 2.05) is 32.0 Å². The van der Waals surface area contributed by atoms with Crippen molar-refractivity contribution in [2.45, 2.75) is 36.0 Å². The molecule has 0 aliphatic heterocycles. The predicted octanol–water partition coefficient (Wildman–Crippen LogP) is 5.41. The molecule has 10 heteroatoms. The van der Waals surface area contributed by atoms with E-state index in [1.54, 1.807) is 18.4 Å². The lowest BCUT2D eigenvalue weighted by atomic mass is 10.1. The largest absolute Gasteiger partial charge is 0.467 e. The zero-order chi connectivity index (χ0) is 20.1. The topological polar surface area (TPSA) is 80.0 Å². The molecule has 2 N–H and O–H groups in total. The van der Waals surface area contributed by atoms with Crippen molar-refractivity contribution in [1.82, 2.24) is 15.5 Å². The number of carbonyl (C=O) groups excluding carboxylic acids is 1. The molecule has 0 bridgehead atoms. The van der Waals surface area contributed by atoms with Gasteiger partial charge in [-0.05, 0) is 43.7 Å². The van der Waals surface area contributed by atoms with Gasteiger partial charge in [-0.1, -0.05) is 52.4 Å². The Morgan fingerprint density at radius 2 is 2.11 bits per heavy atom. The van der Waals surface area contributed by atoms with Gasteiger partial charge < -0.3 is 15.1 Å². The number of thioether (sulfide) groups is 1. The summed E-state index contributed by atoms with van der Waals surface area (Å²) in [6.07, 6.45) is 1.62. The fourth-order valence-electron chi connectivity index (χ4n) is 2.37. The van der Waals surface area contributed by atoms with E-state index in [0.717, 1.165) is 11.3 Å². The lowest BCUT2D eigenvalue weighted by Crippen LogP contribution is -2.33. The van der Waals surface area contributed by atoms with Gasteiger partial charge in [-0.3, -0.25) is 4.79 Å². The van der Waals surface area contributed by atoms with Crippen LogP contribution in [0.4, 0.5) is 5.13 Å². The first-order chi connectivity index (χ1) is 13.4. The minimum absolute atomic E-state index is 0.108. The lowest BCUT2D eigenvalue weighted by molar-refractivity contribution is -0.120. The number of benzene rings is 1. The molecule has 3 rings (SSSR count). The van der Waals surface area contributed by atoms with Gasteiger partial charge in [0, 0.05) is 10.0 Å². The number of halogens is 2. The maximum absolute atomic E-state index is 12.5. The molecule has 0 saturated carbocycles. The number of nitrogens with zero attached hydrogens (tertiary/aromatic N) is 2. The van der Waals surface area contributed by atoms with Crippen molar-refractivity contribution in [1.29, 1.82) is 0 Å². The molecule has 0 aliphatic carbocycles. The molecule has 1 amide bonds. The number of rotatable bonds is 8. The number of furan rings is 1. The van der Waals surface area contributed by atoms with E-state index in [9.17, 15) is 4.79 Å². The molecule has 6 nitrogen and oxygen atoms in total. The second-order valence-electron chi connectivity index (χ2n) is 5.96. The van der Waals surface area contributed by atoms with Gasteiger partial charge in [0.25, 0.3) is 0 Å². The average Bonchev–Trinajstić information content (AvgIpc) is 3.31. The Balaban J connectivity index is 1.52. The van der Waals surface area contributed by atoms with Crippen molar-refractivity contribution in [2.75, 3.05) is 5.32 Å². The Labute approximate surface area is 181 Å². The quantitative estimate of drug-likeness (QED) is 0.441. The Hall–Kier alpha value is -1.74. The van der Waals surface area contributed by atoms with Crippen molar-refractivity contribution < 1.29 is 9.21 Å². The molecule has 28 heavy (non-hydrogen) atoms. The van der Waals surface area contributed by atoms with Gasteiger partial charge in [0.15, 0.2) is 4.34 Å². The van der Waals surface area contributed by atoms with Crippen LogP contribution in [0.25, 0.3) is 0 Å². The summed E-state index contributed by atoms with van der Waals surface area (Å²) >= 11 is 14.9. The van der Waals surface area contributed by atoms with E-state index >= 15 is 0 Å². The van der Waals surface area contributed by atoms with Crippen LogP contribution in [0.5, 0.6) is 0 Å². The van der Waals surface area contributed by atoms with Gasteiger partial charge in [-0.2, -0.15) is 0 Å². The van der Waals surface area contributed by atoms with Crippen molar-refractivity contribution >= 4 is 57.3 Å². The molecule has 3 aromatic rings. The van der Waals surface area contributed by atoms with E-state index in [1.165, 1.54) is 23.1 Å². The zero-order valence-electron chi connectivity index (χ0n) is 15.1. The average molecular weight is 457 g/mol. The summed E-state index contributed by atoms with van der Waals surface area (Å²) in [5.74, 6) is 0.704. The second-order valence-corrected chi connectivity index (χ2v) is 9.37. The van der Waals surface area contributed by atoms with Crippen LogP contribution in [0.15, 0.2) is 45.4 Å². The minimum atomic E-state index is -0.334. The highest BCUT2D eigenvalue weighted by atomic mass is 35.5. The number of nitrogens with one attached hydrogen (secondary N) is 2. The first-order valence-corrected chi connectivity index (χ1v) is 10.9. The smallest absolute Gasteiger partial charge is 0.233 e. The van der Waals surface area contributed by atoms with Gasteiger partial charge in [0.2, 0.25) is 11.0 Å². The molecule has 148 valence electrons. The Bertz CT molecular complexity index is 934. The van der Waals surface area contributed by atoms with Gasteiger partial charge in [-0.25, -0.2) is 0 Å². The maximum Gasteiger partial charge on any atom is 0.233 e. The predicted molar refractivity (Wildman–Crippen MR) is 114 cm³/mol. The summed E-state index contributed by atoms with van der Waals surface area (Å²) < 4.78 is 5.98. The molecule has 0 aliphatic rings. The van der Waals surface area contributed by atoms with Crippen LogP contribution in [0.2, 0.25) is 10.0 Å². The van der Waals surface area contributed by atoms with Gasteiger partial charge in [-0.15, -0.1) is 10.2 Å². The maximum atomic E-state index is 12.5. The molecule has 2 atom stereocenters. The number of hydrogen-bond donors (Lipinski definition) is 2. The fraction of sp³-hybridized carbons (Fsp3) is 0.278. The molecular formula is C18H18Cl2N4O2S2. The van der Waals surface area contributed by atoms with E-state index in [2.05, 4.69) is 20.8 Å². The summed E-state index contributed by atoms with van der Waals surface area (Å²) in [5.41, 5.74) is 0.817. The number of amides is 1. The molecule has 0 fully saturated rings. The summed E-state index contributed by atoms with van der Waals surface area (Å²) in [6, 6.07) is 8.70. The lowest BCUT2D eigenvalue weighted by Gasteiger charge is -2.18. The van der Waals surface area contributed by atoms with Gasteiger partial charge >= 0.3 is 0 Å². The Morgan fingerprint density at radius 3 is 2.82 bits per heavy atom. The van der Waals surface area contributed by atoms with Crippen LogP contribution < -0.4 is 10.6 Å². The SMILES string of the molecule is C[C@H](NC(=O)[C@@H](C)Sc1nnc(NCc2ccco2)s1)c1ccc(Cl)cc1Cl. The highest BCUT2D eigenvalue weighted by molar-refractivity contribution is 8.02. The van der Waals surface area contributed by atoms with Crippen LogP contribution in [-0.2, 0) is 11.3 Å². The summed E-state index contributed by atoms with van der Waals surface area (Å²) in [4.78, 5) is 12.5. The van der Waals surface area contributed by atoms with E-state index in [0.29, 0.717) is 26.1 Å². The molecule has 0 radical (unpaired) electrons. The van der Waals surface area contributed by atoms with Gasteiger partial charge in [0.1, 0.15) is 5.76 Å². The number of anilines is 1. The molecule has 2 aromatic heterocycles. The van der Waals surface area contributed by atoms with E-state index in [-0.39, 0.29) is 17.2 Å². The number of hydrogen-bond acceptors (Lipinski definition) is 7. The van der Waals surface area contributed by atoms with Crippen molar-refractivity contribution in [3.05, 3.63) is 58.0 Å². The fourth-order valence-corrected chi connectivity index (χ4v) is 4.84. The molecule has 2 heterocycles. The highest BCUT2D eigenvalue weighted by Crippen LogP contribution is 2.30. The van der Waals surface area contributed by atoms with Crippen molar-refractivity contribution in [3.8, 4) is 0 Å². The van der Waals surface area contributed by atoms with Crippen LogP contribution in [0, 0.1) is 0 Å². The van der Waals surface area contributed by atoms with Crippen LogP contribution >= 0.6 is 46.3 Å². The minimum Gasteiger partial charge on any atom is -0.467 e.